The molecule has 9 nitrogen and oxygen atoms in total. The molecule has 0 spiro atoms. The van der Waals surface area contributed by atoms with E-state index < -0.39 is 10.0 Å². The van der Waals surface area contributed by atoms with Crippen LogP contribution in [0.15, 0.2) is 89.8 Å². The van der Waals surface area contributed by atoms with Crippen LogP contribution in [-0.2, 0) is 42.2 Å². The molecule has 3 aromatic carbocycles. The van der Waals surface area contributed by atoms with Crippen molar-refractivity contribution in [3.63, 3.8) is 0 Å². The van der Waals surface area contributed by atoms with E-state index in [-0.39, 0.29) is 42.0 Å². The maximum atomic E-state index is 12.7. The minimum absolute atomic E-state index is 0.102. The molecule has 2 fully saturated rings. The first kappa shape index (κ1) is 26.8. The van der Waals surface area contributed by atoms with Gasteiger partial charge in [-0.05, 0) is 35.4 Å². The second-order valence-corrected chi connectivity index (χ2v) is 11.2. The third-order valence-corrected chi connectivity index (χ3v) is 8.16. The van der Waals surface area contributed by atoms with Gasteiger partial charge in [0.25, 0.3) is 0 Å². The SMILES string of the molecule is O=S(=O)(NC[C@H]1CC2O[C@H](COCc3ccccc3)[C@@H](OCc3ccccc3)C2O1)c1ccc(NO)cc1. The van der Waals surface area contributed by atoms with Gasteiger partial charge in [-0.15, -0.1) is 0 Å². The van der Waals surface area contributed by atoms with Gasteiger partial charge >= 0.3 is 0 Å². The summed E-state index contributed by atoms with van der Waals surface area (Å²) >= 11 is 0. The van der Waals surface area contributed by atoms with Crippen molar-refractivity contribution < 1.29 is 32.6 Å². The number of benzene rings is 3. The number of sulfonamides is 1. The summed E-state index contributed by atoms with van der Waals surface area (Å²) in [7, 11) is -3.74. The van der Waals surface area contributed by atoms with Gasteiger partial charge in [0, 0.05) is 13.0 Å². The standard InChI is InChI=1S/C28H32N2O7S/c31-30-22-11-13-24(14-12-22)38(32,33)29-16-23-15-25-28(36-23)27(35-18-21-9-5-2-6-10-21)26(37-25)19-34-17-20-7-3-1-4-8-20/h1-14,23,25-31H,15-19H2/t23-,25?,26-,27-,28?/m1/s1. The maximum absolute atomic E-state index is 12.7. The summed E-state index contributed by atoms with van der Waals surface area (Å²) in [5.41, 5.74) is 4.51. The van der Waals surface area contributed by atoms with E-state index in [0.717, 1.165) is 11.1 Å². The van der Waals surface area contributed by atoms with Crippen LogP contribution in [0.2, 0.25) is 0 Å². The number of ether oxygens (including phenoxy) is 4. The highest BCUT2D eigenvalue weighted by Gasteiger charge is 2.51. The van der Waals surface area contributed by atoms with E-state index in [1.54, 1.807) is 0 Å². The number of anilines is 1. The minimum Gasteiger partial charge on any atom is -0.374 e. The first-order chi connectivity index (χ1) is 18.5. The molecule has 2 heterocycles. The van der Waals surface area contributed by atoms with Crippen LogP contribution < -0.4 is 10.2 Å². The van der Waals surface area contributed by atoms with E-state index in [1.807, 2.05) is 66.1 Å². The molecule has 3 aromatic rings. The van der Waals surface area contributed by atoms with Crippen molar-refractivity contribution in [1.82, 2.24) is 4.72 Å². The summed E-state index contributed by atoms with van der Waals surface area (Å²) in [4.78, 5) is 0.102. The molecule has 3 N–H and O–H groups in total. The summed E-state index contributed by atoms with van der Waals surface area (Å²) < 4.78 is 52.9. The zero-order valence-electron chi connectivity index (χ0n) is 20.8. The molecule has 2 unspecified atom stereocenters. The lowest BCUT2D eigenvalue weighted by molar-refractivity contribution is -0.100. The van der Waals surface area contributed by atoms with Crippen LogP contribution in [0, 0.1) is 0 Å². The van der Waals surface area contributed by atoms with Crippen LogP contribution >= 0.6 is 0 Å². The Labute approximate surface area is 222 Å². The summed E-state index contributed by atoms with van der Waals surface area (Å²) in [5, 5.41) is 8.94. The number of rotatable bonds is 12. The largest absolute Gasteiger partial charge is 0.374 e. The van der Waals surface area contributed by atoms with E-state index >= 15 is 0 Å². The summed E-state index contributed by atoms with van der Waals surface area (Å²) in [6, 6.07) is 25.7. The van der Waals surface area contributed by atoms with Gasteiger partial charge in [-0.3, -0.25) is 10.7 Å². The summed E-state index contributed by atoms with van der Waals surface area (Å²) in [5.74, 6) is 0. The average molecular weight is 541 g/mol. The Morgan fingerprint density at radius 2 is 1.53 bits per heavy atom. The topological polar surface area (TPSA) is 115 Å². The fourth-order valence-corrected chi connectivity index (χ4v) is 5.86. The van der Waals surface area contributed by atoms with Gasteiger partial charge in [0.1, 0.15) is 18.3 Å². The Bertz CT molecular complexity index is 1260. The first-order valence-corrected chi connectivity index (χ1v) is 14.1. The normalized spacial score (nSPS) is 24.8. The first-order valence-electron chi connectivity index (χ1n) is 12.6. The van der Waals surface area contributed by atoms with Crippen molar-refractivity contribution >= 4 is 15.7 Å². The Hall–Kier alpha value is -2.83. The predicted octanol–water partition coefficient (Wildman–Crippen LogP) is 3.49. The molecular weight excluding hydrogens is 508 g/mol. The van der Waals surface area contributed by atoms with Gasteiger partial charge in [0.2, 0.25) is 10.0 Å². The summed E-state index contributed by atoms with van der Waals surface area (Å²) in [6.07, 6.45) is -1.00. The lowest BCUT2D eigenvalue weighted by Gasteiger charge is -2.24. The fraction of sp³-hybridized carbons (Fsp3) is 0.357. The molecular formula is C28H32N2O7S. The molecule has 0 aliphatic carbocycles. The Morgan fingerprint density at radius 1 is 0.868 bits per heavy atom. The quantitative estimate of drug-likeness (QED) is 0.299. The monoisotopic (exact) mass is 540 g/mol. The Kier molecular flexibility index (Phi) is 8.70. The summed E-state index contributed by atoms with van der Waals surface area (Å²) in [6.45, 7) is 1.36. The molecule has 5 atom stereocenters. The van der Waals surface area contributed by atoms with Gasteiger partial charge in [-0.25, -0.2) is 13.1 Å². The zero-order chi connectivity index (χ0) is 26.4. The maximum Gasteiger partial charge on any atom is 0.240 e. The van der Waals surface area contributed by atoms with Crippen LogP contribution in [0.4, 0.5) is 5.69 Å². The zero-order valence-corrected chi connectivity index (χ0v) is 21.6. The van der Waals surface area contributed by atoms with Crippen molar-refractivity contribution in [2.45, 2.75) is 55.0 Å². The van der Waals surface area contributed by atoms with Crippen molar-refractivity contribution in [2.75, 3.05) is 18.6 Å². The van der Waals surface area contributed by atoms with Crippen LogP contribution in [0.5, 0.6) is 0 Å². The second-order valence-electron chi connectivity index (χ2n) is 9.42. The number of nitrogens with one attached hydrogen (secondary N) is 2. The molecule has 2 saturated heterocycles. The smallest absolute Gasteiger partial charge is 0.240 e. The molecule has 38 heavy (non-hydrogen) atoms. The van der Waals surface area contributed by atoms with E-state index in [1.165, 1.54) is 24.3 Å². The third-order valence-electron chi connectivity index (χ3n) is 6.72. The minimum atomic E-state index is -3.74. The molecule has 202 valence electrons. The fourth-order valence-electron chi connectivity index (χ4n) is 4.79. The van der Waals surface area contributed by atoms with Crippen molar-refractivity contribution in [3.8, 4) is 0 Å². The van der Waals surface area contributed by atoms with E-state index in [4.69, 9.17) is 24.2 Å². The highest BCUT2D eigenvalue weighted by Crippen LogP contribution is 2.36. The highest BCUT2D eigenvalue weighted by molar-refractivity contribution is 7.89. The molecule has 0 amide bonds. The second kappa shape index (κ2) is 12.4. The van der Waals surface area contributed by atoms with Gasteiger partial charge in [0.05, 0.1) is 42.6 Å². The van der Waals surface area contributed by atoms with Crippen molar-refractivity contribution in [1.29, 1.82) is 0 Å². The van der Waals surface area contributed by atoms with Crippen molar-refractivity contribution in [3.05, 3.63) is 96.1 Å². The molecule has 0 saturated carbocycles. The lowest BCUT2D eigenvalue weighted by Crippen LogP contribution is -2.39. The average Bonchev–Trinajstić information content (AvgIpc) is 3.49. The number of hydrogen-bond acceptors (Lipinski definition) is 8. The van der Waals surface area contributed by atoms with Crippen LogP contribution in [0.1, 0.15) is 17.5 Å². The predicted molar refractivity (Wildman–Crippen MR) is 140 cm³/mol. The van der Waals surface area contributed by atoms with Crippen LogP contribution in [-0.4, -0.2) is 57.3 Å². The number of hydrogen-bond donors (Lipinski definition) is 3. The molecule has 2 aliphatic heterocycles. The Balaban J connectivity index is 1.19. The highest BCUT2D eigenvalue weighted by atomic mass is 32.2. The van der Waals surface area contributed by atoms with Crippen LogP contribution in [0.25, 0.3) is 0 Å². The molecule has 10 heteroatoms. The number of fused-ring (bicyclic) bond motifs is 1. The van der Waals surface area contributed by atoms with E-state index in [2.05, 4.69) is 4.72 Å². The molecule has 0 bridgehead atoms. The molecule has 0 aromatic heterocycles. The van der Waals surface area contributed by atoms with Gasteiger partial charge in [0.15, 0.2) is 0 Å². The molecule has 0 radical (unpaired) electrons. The van der Waals surface area contributed by atoms with E-state index in [9.17, 15) is 8.42 Å². The lowest BCUT2D eigenvalue weighted by atomic mass is 10.1. The Morgan fingerprint density at radius 3 is 2.18 bits per heavy atom. The molecule has 5 rings (SSSR count). The van der Waals surface area contributed by atoms with E-state index in [0.29, 0.717) is 31.9 Å². The van der Waals surface area contributed by atoms with Gasteiger partial charge in [-0.2, -0.15) is 0 Å². The third kappa shape index (κ3) is 6.59. The van der Waals surface area contributed by atoms with Crippen molar-refractivity contribution in [2.24, 2.45) is 0 Å². The molecule has 2 aliphatic rings. The van der Waals surface area contributed by atoms with Gasteiger partial charge in [-0.1, -0.05) is 60.7 Å². The van der Waals surface area contributed by atoms with Crippen LogP contribution in [0.3, 0.4) is 0 Å². The van der Waals surface area contributed by atoms with Gasteiger partial charge < -0.3 is 18.9 Å².